The zero-order chi connectivity index (χ0) is 16.2. The Balaban J connectivity index is 2.03. The summed E-state index contributed by atoms with van der Waals surface area (Å²) in [6.07, 6.45) is 3.17. The molecule has 1 aliphatic rings. The summed E-state index contributed by atoms with van der Waals surface area (Å²) >= 11 is 0. The standard InChI is InChI=1S/C17H24O4S/c1-3-21-17(18)15-6-4-5-14(11-15)12-22(19,20)16-9-7-13(2)8-10-16/h7-10,14-15H,3-6,11-12H2,1-2H3. The van der Waals surface area contributed by atoms with Crippen LogP contribution in [0.25, 0.3) is 0 Å². The number of aryl methyl sites for hydroxylation is 1. The van der Waals surface area contributed by atoms with Crippen LogP contribution in [0, 0.1) is 18.8 Å². The van der Waals surface area contributed by atoms with Crippen molar-refractivity contribution >= 4 is 15.8 Å². The summed E-state index contributed by atoms with van der Waals surface area (Å²) in [6.45, 7) is 4.10. The van der Waals surface area contributed by atoms with Gasteiger partial charge in [-0.3, -0.25) is 4.79 Å². The highest BCUT2D eigenvalue weighted by Crippen LogP contribution is 2.32. The van der Waals surface area contributed by atoms with Crippen LogP contribution in [-0.4, -0.2) is 26.7 Å². The lowest BCUT2D eigenvalue weighted by Gasteiger charge is -2.27. The van der Waals surface area contributed by atoms with Gasteiger partial charge in [0.2, 0.25) is 0 Å². The van der Waals surface area contributed by atoms with Crippen molar-refractivity contribution < 1.29 is 17.9 Å². The molecule has 1 fully saturated rings. The number of hydrogen-bond donors (Lipinski definition) is 0. The first-order chi connectivity index (χ1) is 10.4. The Labute approximate surface area is 132 Å². The number of sulfone groups is 1. The molecule has 0 radical (unpaired) electrons. The molecule has 0 heterocycles. The molecule has 0 bridgehead atoms. The Morgan fingerprint density at radius 2 is 1.91 bits per heavy atom. The van der Waals surface area contributed by atoms with Gasteiger partial charge in [-0.25, -0.2) is 8.42 Å². The van der Waals surface area contributed by atoms with Gasteiger partial charge in [0.25, 0.3) is 0 Å². The Hall–Kier alpha value is -1.36. The molecular weight excluding hydrogens is 300 g/mol. The fourth-order valence-corrected chi connectivity index (χ4v) is 4.74. The maximum absolute atomic E-state index is 12.5. The Morgan fingerprint density at radius 1 is 1.23 bits per heavy atom. The van der Waals surface area contributed by atoms with Crippen molar-refractivity contribution in [3.63, 3.8) is 0 Å². The summed E-state index contributed by atoms with van der Waals surface area (Å²) in [5.74, 6) is -0.173. The lowest BCUT2D eigenvalue weighted by atomic mass is 9.82. The van der Waals surface area contributed by atoms with E-state index in [1.165, 1.54) is 0 Å². The number of ether oxygens (including phenoxy) is 1. The first-order valence-electron chi connectivity index (χ1n) is 7.88. The molecule has 0 spiro atoms. The molecule has 1 aromatic rings. The van der Waals surface area contributed by atoms with Crippen LogP contribution in [0.4, 0.5) is 0 Å². The summed E-state index contributed by atoms with van der Waals surface area (Å²) in [4.78, 5) is 12.2. The Morgan fingerprint density at radius 3 is 2.55 bits per heavy atom. The molecule has 4 nitrogen and oxygen atoms in total. The smallest absolute Gasteiger partial charge is 0.308 e. The molecule has 1 aliphatic carbocycles. The van der Waals surface area contributed by atoms with Gasteiger partial charge in [-0.05, 0) is 51.2 Å². The number of esters is 1. The van der Waals surface area contributed by atoms with E-state index in [0.29, 0.717) is 17.9 Å². The molecule has 1 aromatic carbocycles. The molecule has 2 atom stereocenters. The number of carbonyl (C=O) groups excluding carboxylic acids is 1. The summed E-state index contributed by atoms with van der Waals surface area (Å²) in [7, 11) is -3.29. The fourth-order valence-electron chi connectivity index (χ4n) is 3.07. The minimum atomic E-state index is -3.29. The van der Waals surface area contributed by atoms with Gasteiger partial charge in [-0.1, -0.05) is 24.1 Å². The minimum absolute atomic E-state index is 0.0365. The monoisotopic (exact) mass is 324 g/mol. The molecule has 2 unspecified atom stereocenters. The molecule has 0 aliphatic heterocycles. The van der Waals surface area contributed by atoms with Crippen molar-refractivity contribution in [1.29, 1.82) is 0 Å². The molecule has 122 valence electrons. The largest absolute Gasteiger partial charge is 0.466 e. The van der Waals surface area contributed by atoms with Crippen LogP contribution in [0.5, 0.6) is 0 Å². The highest BCUT2D eigenvalue weighted by molar-refractivity contribution is 7.91. The van der Waals surface area contributed by atoms with Crippen LogP contribution in [0.3, 0.4) is 0 Å². The van der Waals surface area contributed by atoms with Gasteiger partial charge >= 0.3 is 5.97 Å². The van der Waals surface area contributed by atoms with Crippen LogP contribution in [0.1, 0.15) is 38.2 Å². The van der Waals surface area contributed by atoms with Crippen LogP contribution < -0.4 is 0 Å². The molecule has 0 saturated heterocycles. The molecule has 22 heavy (non-hydrogen) atoms. The van der Waals surface area contributed by atoms with E-state index >= 15 is 0 Å². The molecule has 1 saturated carbocycles. The molecule has 5 heteroatoms. The lowest BCUT2D eigenvalue weighted by molar-refractivity contribution is -0.149. The topological polar surface area (TPSA) is 60.4 Å². The van der Waals surface area contributed by atoms with Crippen LogP contribution in [0.2, 0.25) is 0 Å². The van der Waals surface area contributed by atoms with E-state index in [1.54, 1.807) is 19.1 Å². The van der Waals surface area contributed by atoms with E-state index in [2.05, 4.69) is 0 Å². The highest BCUT2D eigenvalue weighted by atomic mass is 32.2. The molecular formula is C17H24O4S. The summed E-state index contributed by atoms with van der Waals surface area (Å²) in [5, 5.41) is 0. The van der Waals surface area contributed by atoms with Gasteiger partial charge in [-0.2, -0.15) is 0 Å². The maximum atomic E-state index is 12.5. The number of benzene rings is 1. The maximum Gasteiger partial charge on any atom is 0.308 e. The normalized spacial score (nSPS) is 22.3. The van der Waals surface area contributed by atoms with E-state index in [-0.39, 0.29) is 23.6 Å². The van der Waals surface area contributed by atoms with Gasteiger partial charge < -0.3 is 4.74 Å². The summed E-state index contributed by atoms with van der Waals surface area (Å²) in [6, 6.07) is 6.96. The predicted molar refractivity (Wildman–Crippen MR) is 85.3 cm³/mol. The highest BCUT2D eigenvalue weighted by Gasteiger charge is 2.31. The van der Waals surface area contributed by atoms with Crippen LogP contribution in [0.15, 0.2) is 29.2 Å². The second-order valence-corrected chi connectivity index (χ2v) is 8.11. The summed E-state index contributed by atoms with van der Waals surface area (Å²) < 4.78 is 30.1. The van der Waals surface area contributed by atoms with Gasteiger partial charge in [-0.15, -0.1) is 0 Å². The third-order valence-electron chi connectivity index (χ3n) is 4.24. The zero-order valence-electron chi connectivity index (χ0n) is 13.2. The van der Waals surface area contributed by atoms with E-state index in [1.807, 2.05) is 19.1 Å². The lowest BCUT2D eigenvalue weighted by Crippen LogP contribution is -2.28. The van der Waals surface area contributed by atoms with Gasteiger partial charge in [0.15, 0.2) is 9.84 Å². The predicted octanol–water partition coefficient (Wildman–Crippen LogP) is 3.14. The summed E-state index contributed by atoms with van der Waals surface area (Å²) in [5.41, 5.74) is 1.04. The average molecular weight is 324 g/mol. The quantitative estimate of drug-likeness (QED) is 0.781. The van der Waals surface area contributed by atoms with E-state index in [0.717, 1.165) is 24.8 Å². The molecule has 0 amide bonds. The number of rotatable bonds is 5. The van der Waals surface area contributed by atoms with E-state index < -0.39 is 9.84 Å². The van der Waals surface area contributed by atoms with Gasteiger partial charge in [0, 0.05) is 0 Å². The van der Waals surface area contributed by atoms with Crippen LogP contribution >= 0.6 is 0 Å². The minimum Gasteiger partial charge on any atom is -0.466 e. The zero-order valence-corrected chi connectivity index (χ0v) is 14.1. The van der Waals surface area contributed by atoms with Crippen molar-refractivity contribution in [3.05, 3.63) is 29.8 Å². The Bertz CT molecular complexity index is 604. The van der Waals surface area contributed by atoms with Crippen molar-refractivity contribution in [2.75, 3.05) is 12.4 Å². The average Bonchev–Trinajstić information content (AvgIpc) is 2.48. The van der Waals surface area contributed by atoms with Gasteiger partial charge in [0.05, 0.1) is 23.2 Å². The third-order valence-corrected chi connectivity index (χ3v) is 6.14. The van der Waals surface area contributed by atoms with Crippen molar-refractivity contribution in [3.8, 4) is 0 Å². The SMILES string of the molecule is CCOC(=O)C1CCCC(CS(=O)(=O)c2ccc(C)cc2)C1. The van der Waals surface area contributed by atoms with Gasteiger partial charge in [0.1, 0.15) is 0 Å². The van der Waals surface area contributed by atoms with Crippen LogP contribution in [-0.2, 0) is 19.4 Å². The first-order valence-corrected chi connectivity index (χ1v) is 9.53. The van der Waals surface area contributed by atoms with Crippen molar-refractivity contribution in [1.82, 2.24) is 0 Å². The number of carbonyl (C=O) groups is 1. The molecule has 2 rings (SSSR count). The third kappa shape index (κ3) is 4.32. The first kappa shape index (κ1) is 17.0. The Kier molecular flexibility index (Phi) is 5.62. The number of hydrogen-bond acceptors (Lipinski definition) is 4. The van der Waals surface area contributed by atoms with Crippen molar-refractivity contribution in [2.24, 2.45) is 11.8 Å². The van der Waals surface area contributed by atoms with E-state index in [9.17, 15) is 13.2 Å². The molecule has 0 aromatic heterocycles. The van der Waals surface area contributed by atoms with Crippen molar-refractivity contribution in [2.45, 2.75) is 44.4 Å². The molecule has 0 N–H and O–H groups in total. The fraction of sp³-hybridized carbons (Fsp3) is 0.588. The second kappa shape index (κ2) is 7.27. The second-order valence-electron chi connectivity index (χ2n) is 6.08. The van der Waals surface area contributed by atoms with E-state index in [4.69, 9.17) is 4.74 Å².